The van der Waals surface area contributed by atoms with Crippen molar-refractivity contribution in [3.63, 3.8) is 0 Å². The molecule has 3 rings (SSSR count). The molecule has 0 bridgehead atoms. The van der Waals surface area contributed by atoms with Gasteiger partial charge in [0.1, 0.15) is 5.75 Å². The number of ether oxygens (including phenoxy) is 2. The van der Waals surface area contributed by atoms with Crippen molar-refractivity contribution in [2.45, 2.75) is 32.2 Å². The third kappa shape index (κ3) is 5.82. The van der Waals surface area contributed by atoms with Crippen molar-refractivity contribution in [1.29, 1.82) is 5.41 Å². The van der Waals surface area contributed by atoms with Gasteiger partial charge in [-0.05, 0) is 61.0 Å². The molecular formula is C22H23BCl2N2O4. The van der Waals surface area contributed by atoms with Crippen LogP contribution in [0.4, 0.5) is 0 Å². The Balaban J connectivity index is 1.75. The predicted molar refractivity (Wildman–Crippen MR) is 124 cm³/mol. The van der Waals surface area contributed by atoms with Gasteiger partial charge >= 0.3 is 7.48 Å². The van der Waals surface area contributed by atoms with Gasteiger partial charge in [0.2, 0.25) is 11.8 Å². The van der Waals surface area contributed by atoms with Crippen molar-refractivity contribution >= 4 is 48.0 Å². The number of rotatable bonds is 7. The van der Waals surface area contributed by atoms with Crippen LogP contribution in [0.5, 0.6) is 11.5 Å². The van der Waals surface area contributed by atoms with Gasteiger partial charge in [-0.15, -0.1) is 0 Å². The highest BCUT2D eigenvalue weighted by Crippen LogP contribution is 2.34. The monoisotopic (exact) mass is 460 g/mol. The van der Waals surface area contributed by atoms with Crippen molar-refractivity contribution in [2.75, 3.05) is 7.11 Å². The molecule has 1 aliphatic carbocycles. The summed E-state index contributed by atoms with van der Waals surface area (Å²) in [6, 6.07) is 10.5. The fraction of sp³-hybridized carbons (Fsp3) is 0.273. The Bertz CT molecular complexity index is 986. The van der Waals surface area contributed by atoms with Crippen LogP contribution < -0.4 is 20.3 Å². The first-order valence-corrected chi connectivity index (χ1v) is 10.7. The summed E-state index contributed by atoms with van der Waals surface area (Å²) >= 11 is 12.4. The predicted octanol–water partition coefficient (Wildman–Crippen LogP) is 3.51. The smallest absolute Gasteiger partial charge is 0.304 e. The van der Waals surface area contributed by atoms with Crippen molar-refractivity contribution in [1.82, 2.24) is 5.32 Å². The molecule has 0 atom stereocenters. The van der Waals surface area contributed by atoms with Gasteiger partial charge < -0.3 is 19.8 Å². The summed E-state index contributed by atoms with van der Waals surface area (Å²) in [7, 11) is 1.40. The standard InChI is InChI=1S/C22H23BCl2N2O4/c1-30-15-8-6-13(7-9-15)12-27-22(28)17-5-3-2-4-16(17)21(26)31-20-18(24)10-14(23-29)11-19(20)25/h6-11,23,26,29H,2-5,12H2,1H3,(H,27,28). The number of carbonyl (C=O) groups excluding carboxylic acids is 1. The lowest BCUT2D eigenvalue weighted by molar-refractivity contribution is -0.117. The third-order valence-corrected chi connectivity index (χ3v) is 5.63. The average molecular weight is 461 g/mol. The summed E-state index contributed by atoms with van der Waals surface area (Å²) in [6.45, 7) is 0.369. The van der Waals surface area contributed by atoms with Crippen LogP contribution >= 0.6 is 23.2 Å². The molecule has 0 spiro atoms. The number of hydrogen-bond acceptors (Lipinski definition) is 5. The number of amides is 1. The zero-order valence-electron chi connectivity index (χ0n) is 17.1. The Morgan fingerprint density at radius 3 is 2.32 bits per heavy atom. The molecule has 2 aromatic rings. The van der Waals surface area contributed by atoms with Gasteiger partial charge in [0.25, 0.3) is 0 Å². The van der Waals surface area contributed by atoms with E-state index in [-0.39, 0.29) is 35.1 Å². The molecule has 0 fully saturated rings. The van der Waals surface area contributed by atoms with Crippen LogP contribution in [-0.2, 0) is 11.3 Å². The first-order valence-electron chi connectivity index (χ1n) is 9.91. The summed E-state index contributed by atoms with van der Waals surface area (Å²) in [5.41, 5.74) is 2.59. The summed E-state index contributed by atoms with van der Waals surface area (Å²) < 4.78 is 10.8. The first-order chi connectivity index (χ1) is 14.9. The summed E-state index contributed by atoms with van der Waals surface area (Å²) in [5.74, 6) is 0.533. The molecule has 0 unspecified atom stereocenters. The number of carbonyl (C=O) groups is 1. The number of nitrogens with one attached hydrogen (secondary N) is 2. The largest absolute Gasteiger partial charge is 0.497 e. The topological polar surface area (TPSA) is 91.6 Å². The van der Waals surface area contributed by atoms with Crippen LogP contribution in [0.25, 0.3) is 0 Å². The molecule has 0 radical (unpaired) electrons. The Morgan fingerprint density at radius 1 is 1.13 bits per heavy atom. The summed E-state index contributed by atoms with van der Waals surface area (Å²) in [4.78, 5) is 12.9. The second-order valence-electron chi connectivity index (χ2n) is 7.17. The maximum atomic E-state index is 12.9. The average Bonchev–Trinajstić information content (AvgIpc) is 2.79. The molecule has 31 heavy (non-hydrogen) atoms. The van der Waals surface area contributed by atoms with E-state index in [1.54, 1.807) is 7.11 Å². The highest BCUT2D eigenvalue weighted by Gasteiger charge is 2.24. The molecule has 2 aromatic carbocycles. The minimum absolute atomic E-state index is 0.140. The van der Waals surface area contributed by atoms with Gasteiger partial charge in [-0.2, -0.15) is 0 Å². The lowest BCUT2D eigenvalue weighted by Gasteiger charge is -2.21. The zero-order valence-corrected chi connectivity index (χ0v) is 18.6. The molecule has 0 aromatic heterocycles. The van der Waals surface area contributed by atoms with Crippen LogP contribution in [0.2, 0.25) is 10.0 Å². The van der Waals surface area contributed by atoms with Crippen molar-refractivity contribution < 1.29 is 19.3 Å². The molecule has 0 saturated carbocycles. The zero-order chi connectivity index (χ0) is 22.4. The molecule has 0 saturated heterocycles. The van der Waals surface area contributed by atoms with Gasteiger partial charge in [0, 0.05) is 17.7 Å². The molecule has 9 heteroatoms. The minimum Gasteiger partial charge on any atom is -0.497 e. The SMILES string of the molecule is COc1ccc(CNC(=O)C2=C(C(=N)Oc3c(Cl)cc(BO)cc3Cl)CCCC2)cc1. The van der Waals surface area contributed by atoms with Crippen LogP contribution in [0.1, 0.15) is 31.2 Å². The van der Waals surface area contributed by atoms with Crippen LogP contribution in [0, 0.1) is 5.41 Å². The van der Waals surface area contributed by atoms with E-state index >= 15 is 0 Å². The molecular weight excluding hydrogens is 438 g/mol. The van der Waals surface area contributed by atoms with E-state index in [2.05, 4.69) is 5.32 Å². The summed E-state index contributed by atoms with van der Waals surface area (Å²) in [5, 5.41) is 21.0. The van der Waals surface area contributed by atoms with E-state index < -0.39 is 0 Å². The number of benzene rings is 2. The van der Waals surface area contributed by atoms with E-state index in [1.807, 2.05) is 24.3 Å². The Hall–Kier alpha value is -2.48. The molecule has 1 amide bonds. The van der Waals surface area contributed by atoms with Crippen molar-refractivity contribution in [2.24, 2.45) is 0 Å². The van der Waals surface area contributed by atoms with E-state index in [0.717, 1.165) is 24.2 Å². The molecule has 0 heterocycles. The lowest BCUT2D eigenvalue weighted by atomic mass is 9.89. The highest BCUT2D eigenvalue weighted by molar-refractivity contribution is 6.48. The molecule has 6 nitrogen and oxygen atoms in total. The van der Waals surface area contributed by atoms with E-state index in [4.69, 9.17) is 38.1 Å². The second-order valence-corrected chi connectivity index (χ2v) is 7.99. The van der Waals surface area contributed by atoms with Gasteiger partial charge in [-0.1, -0.05) is 35.3 Å². The Morgan fingerprint density at radius 2 is 1.74 bits per heavy atom. The second kappa shape index (κ2) is 10.7. The van der Waals surface area contributed by atoms with Crippen molar-refractivity contribution in [3.05, 3.63) is 63.2 Å². The molecule has 162 valence electrons. The quantitative estimate of drug-likeness (QED) is 0.335. The lowest BCUT2D eigenvalue weighted by Crippen LogP contribution is -2.29. The number of halogens is 2. The van der Waals surface area contributed by atoms with Gasteiger partial charge in [-0.25, -0.2) is 0 Å². The molecule has 3 N–H and O–H groups in total. The number of hydrogen-bond donors (Lipinski definition) is 3. The van der Waals surface area contributed by atoms with Crippen LogP contribution in [0.15, 0.2) is 47.5 Å². The van der Waals surface area contributed by atoms with E-state index in [9.17, 15) is 9.82 Å². The number of methoxy groups -OCH3 is 1. The van der Waals surface area contributed by atoms with Crippen LogP contribution in [-0.4, -0.2) is 31.4 Å². The van der Waals surface area contributed by atoms with Gasteiger partial charge in [0.05, 0.1) is 17.2 Å². The first kappa shape index (κ1) is 23.2. The minimum atomic E-state index is -0.216. The molecule has 1 aliphatic rings. The van der Waals surface area contributed by atoms with Crippen LogP contribution in [0.3, 0.4) is 0 Å². The summed E-state index contributed by atoms with van der Waals surface area (Å²) in [6.07, 6.45) is 2.87. The van der Waals surface area contributed by atoms with E-state index in [0.29, 0.717) is 36.0 Å². The highest BCUT2D eigenvalue weighted by atomic mass is 35.5. The maximum Gasteiger partial charge on any atom is 0.304 e. The fourth-order valence-corrected chi connectivity index (χ4v) is 4.01. The molecule has 0 aliphatic heterocycles. The van der Waals surface area contributed by atoms with Gasteiger partial charge in [-0.3, -0.25) is 10.2 Å². The Labute approximate surface area is 191 Å². The maximum absolute atomic E-state index is 12.9. The Kier molecular flexibility index (Phi) is 8.01. The fourth-order valence-electron chi connectivity index (χ4n) is 3.40. The van der Waals surface area contributed by atoms with Crippen molar-refractivity contribution in [3.8, 4) is 11.5 Å². The third-order valence-electron chi connectivity index (χ3n) is 5.07. The van der Waals surface area contributed by atoms with Gasteiger partial charge in [0.15, 0.2) is 5.75 Å². The van der Waals surface area contributed by atoms with E-state index in [1.165, 1.54) is 12.1 Å². The normalized spacial score (nSPS) is 13.5.